The van der Waals surface area contributed by atoms with Crippen LogP contribution < -0.4 is 0 Å². The van der Waals surface area contributed by atoms with Crippen LogP contribution in [0.5, 0.6) is 0 Å². The van der Waals surface area contributed by atoms with E-state index in [1.807, 2.05) is 36.4 Å². The molecule has 2 unspecified atom stereocenters. The van der Waals surface area contributed by atoms with Gasteiger partial charge in [0.15, 0.2) is 9.84 Å². The predicted octanol–water partition coefficient (Wildman–Crippen LogP) is 1.49. The number of likely N-dealkylation sites (tertiary alicyclic amines) is 1. The molecule has 0 N–H and O–H groups in total. The van der Waals surface area contributed by atoms with Crippen LogP contribution in [0.1, 0.15) is 18.9 Å². The number of nitrogens with zero attached hydrogens (tertiary/aromatic N) is 1. The van der Waals surface area contributed by atoms with Gasteiger partial charge in [-0.25, -0.2) is 8.42 Å². The average molecular weight is 291 g/mol. The van der Waals surface area contributed by atoms with E-state index in [2.05, 4.69) is 0 Å². The molecule has 1 aromatic rings. The molecule has 2 fully saturated rings. The second kappa shape index (κ2) is 4.74. The number of carbonyl (C=O) groups excluding carboxylic acids is 1. The summed E-state index contributed by atoms with van der Waals surface area (Å²) >= 11 is 0. The summed E-state index contributed by atoms with van der Waals surface area (Å²) in [6.07, 6.45) is 2.45. The molecule has 2 aliphatic heterocycles. The lowest BCUT2D eigenvalue weighted by molar-refractivity contribution is -0.127. The van der Waals surface area contributed by atoms with Gasteiger partial charge in [0.1, 0.15) is 0 Å². The van der Waals surface area contributed by atoms with Crippen molar-refractivity contribution in [2.45, 2.75) is 24.6 Å². The zero-order valence-corrected chi connectivity index (χ0v) is 12.1. The second-order valence-corrected chi connectivity index (χ2v) is 7.86. The van der Waals surface area contributed by atoms with Gasteiger partial charge in [-0.2, -0.15) is 0 Å². The van der Waals surface area contributed by atoms with Gasteiger partial charge in [-0.1, -0.05) is 30.3 Å². The zero-order valence-electron chi connectivity index (χ0n) is 11.3. The van der Waals surface area contributed by atoms with Crippen molar-refractivity contribution in [1.82, 2.24) is 4.90 Å². The standard InChI is InChI=1S/C15H17NO3S/c1-11(7-12-5-3-2-4-6-12)15(17)16-9-14-8-13(16)10-20(14,18)19/h2-7,13-14H,8-10H2,1H3/b11-7+. The monoisotopic (exact) mass is 291 g/mol. The Morgan fingerprint density at radius 3 is 2.55 bits per heavy atom. The van der Waals surface area contributed by atoms with E-state index < -0.39 is 9.84 Å². The molecule has 2 aliphatic rings. The van der Waals surface area contributed by atoms with Crippen LogP contribution in [0.2, 0.25) is 0 Å². The van der Waals surface area contributed by atoms with Gasteiger partial charge in [0.05, 0.1) is 11.0 Å². The number of benzene rings is 1. The first-order chi connectivity index (χ1) is 9.47. The first-order valence-corrected chi connectivity index (χ1v) is 8.45. The lowest BCUT2D eigenvalue weighted by Gasteiger charge is -2.27. The maximum absolute atomic E-state index is 12.4. The summed E-state index contributed by atoms with van der Waals surface area (Å²) in [5.41, 5.74) is 1.64. The summed E-state index contributed by atoms with van der Waals surface area (Å²) < 4.78 is 23.4. The smallest absolute Gasteiger partial charge is 0.249 e. The maximum Gasteiger partial charge on any atom is 0.249 e. The third kappa shape index (κ3) is 2.26. The SMILES string of the molecule is C/C(=C\c1ccccc1)C(=O)N1CC2CC1CS2(=O)=O. The Balaban J connectivity index is 1.77. The molecule has 2 saturated heterocycles. The topological polar surface area (TPSA) is 54.5 Å². The van der Waals surface area contributed by atoms with Crippen LogP contribution in [0.25, 0.3) is 6.08 Å². The molecule has 0 aromatic heterocycles. The average Bonchev–Trinajstić information content (AvgIpc) is 2.94. The molecule has 106 valence electrons. The lowest BCUT2D eigenvalue weighted by Crippen LogP contribution is -2.44. The quantitative estimate of drug-likeness (QED) is 0.776. The third-order valence-electron chi connectivity index (χ3n) is 4.09. The summed E-state index contributed by atoms with van der Waals surface area (Å²) in [7, 11) is -2.95. The molecule has 1 amide bonds. The Kier molecular flexibility index (Phi) is 3.17. The Morgan fingerprint density at radius 2 is 2.00 bits per heavy atom. The van der Waals surface area contributed by atoms with Gasteiger partial charge >= 0.3 is 0 Å². The van der Waals surface area contributed by atoms with Crippen molar-refractivity contribution in [3.05, 3.63) is 41.5 Å². The summed E-state index contributed by atoms with van der Waals surface area (Å²) in [5.74, 6) is 0.0819. The molecular weight excluding hydrogens is 274 g/mol. The van der Waals surface area contributed by atoms with E-state index in [9.17, 15) is 13.2 Å². The number of rotatable bonds is 2. The molecule has 0 saturated carbocycles. The number of hydrogen-bond acceptors (Lipinski definition) is 3. The third-order valence-corrected chi connectivity index (χ3v) is 6.30. The molecule has 5 heteroatoms. The Bertz CT molecular complexity index is 664. The first kappa shape index (κ1) is 13.4. The Hall–Kier alpha value is -1.62. The van der Waals surface area contributed by atoms with Crippen molar-refractivity contribution in [2.75, 3.05) is 12.3 Å². The number of carbonyl (C=O) groups is 1. The number of sulfone groups is 1. The van der Waals surface area contributed by atoms with Crippen LogP contribution in [-0.4, -0.2) is 42.8 Å². The summed E-state index contributed by atoms with van der Waals surface area (Å²) in [6, 6.07) is 9.53. The van der Waals surface area contributed by atoms with Gasteiger partial charge in [-0.05, 0) is 25.0 Å². The van der Waals surface area contributed by atoms with Crippen LogP contribution >= 0.6 is 0 Å². The molecule has 3 rings (SSSR count). The summed E-state index contributed by atoms with van der Waals surface area (Å²) in [6.45, 7) is 2.14. The molecule has 20 heavy (non-hydrogen) atoms. The highest BCUT2D eigenvalue weighted by atomic mass is 32.2. The minimum absolute atomic E-state index is 0.0451. The molecule has 1 aromatic carbocycles. The maximum atomic E-state index is 12.4. The van der Waals surface area contributed by atoms with Crippen molar-refractivity contribution < 1.29 is 13.2 Å². The highest BCUT2D eigenvalue weighted by Crippen LogP contribution is 2.33. The van der Waals surface area contributed by atoms with E-state index in [1.165, 1.54) is 0 Å². The fourth-order valence-electron chi connectivity index (χ4n) is 3.03. The minimum Gasteiger partial charge on any atom is -0.334 e. The zero-order chi connectivity index (χ0) is 14.3. The van der Waals surface area contributed by atoms with Crippen molar-refractivity contribution in [3.63, 3.8) is 0 Å². The highest BCUT2D eigenvalue weighted by molar-refractivity contribution is 7.92. The van der Waals surface area contributed by atoms with E-state index in [0.717, 1.165) is 5.56 Å². The number of hydrogen-bond donors (Lipinski definition) is 0. The molecule has 2 atom stereocenters. The Labute approximate surface area is 119 Å². The minimum atomic E-state index is -2.95. The van der Waals surface area contributed by atoms with Gasteiger partial charge in [-0.15, -0.1) is 0 Å². The van der Waals surface area contributed by atoms with Gasteiger partial charge in [0.2, 0.25) is 5.91 Å². The Morgan fingerprint density at radius 1 is 1.30 bits per heavy atom. The fourth-order valence-corrected chi connectivity index (χ4v) is 5.06. The largest absolute Gasteiger partial charge is 0.334 e. The van der Waals surface area contributed by atoms with Crippen molar-refractivity contribution in [3.8, 4) is 0 Å². The molecule has 4 nitrogen and oxygen atoms in total. The van der Waals surface area contributed by atoms with Crippen LogP contribution in [-0.2, 0) is 14.6 Å². The molecule has 2 heterocycles. The van der Waals surface area contributed by atoms with Crippen LogP contribution in [0.15, 0.2) is 35.9 Å². The predicted molar refractivity (Wildman–Crippen MR) is 77.8 cm³/mol. The van der Waals surface area contributed by atoms with Crippen molar-refractivity contribution in [1.29, 1.82) is 0 Å². The van der Waals surface area contributed by atoms with E-state index in [1.54, 1.807) is 11.8 Å². The molecule has 2 bridgehead atoms. The summed E-state index contributed by atoms with van der Waals surface area (Å²) in [5, 5.41) is -0.346. The highest BCUT2D eigenvalue weighted by Gasteiger charge is 2.49. The molecule has 0 radical (unpaired) electrons. The van der Waals surface area contributed by atoms with Gasteiger partial charge < -0.3 is 4.90 Å². The number of fused-ring (bicyclic) bond motifs is 2. The van der Waals surface area contributed by atoms with Gasteiger partial charge in [0, 0.05) is 18.2 Å². The van der Waals surface area contributed by atoms with E-state index in [4.69, 9.17) is 0 Å². The van der Waals surface area contributed by atoms with E-state index in [-0.39, 0.29) is 23.0 Å². The normalized spacial score (nSPS) is 27.9. The van der Waals surface area contributed by atoms with Crippen molar-refractivity contribution >= 4 is 21.8 Å². The number of amides is 1. The second-order valence-electron chi connectivity index (χ2n) is 5.54. The lowest BCUT2D eigenvalue weighted by atomic mass is 10.1. The summed E-state index contributed by atoms with van der Waals surface area (Å²) in [4.78, 5) is 14.1. The first-order valence-electron chi connectivity index (χ1n) is 6.73. The molecule has 0 spiro atoms. The van der Waals surface area contributed by atoms with Crippen LogP contribution in [0.4, 0.5) is 0 Å². The van der Waals surface area contributed by atoms with Crippen LogP contribution in [0.3, 0.4) is 0 Å². The van der Waals surface area contributed by atoms with E-state index >= 15 is 0 Å². The van der Waals surface area contributed by atoms with Crippen LogP contribution in [0, 0.1) is 0 Å². The molecular formula is C15H17NO3S. The molecule has 0 aliphatic carbocycles. The van der Waals surface area contributed by atoms with E-state index in [0.29, 0.717) is 18.5 Å². The van der Waals surface area contributed by atoms with Gasteiger partial charge in [-0.3, -0.25) is 4.79 Å². The van der Waals surface area contributed by atoms with Crippen molar-refractivity contribution in [2.24, 2.45) is 0 Å². The fraction of sp³-hybridized carbons (Fsp3) is 0.400. The van der Waals surface area contributed by atoms with Gasteiger partial charge in [0.25, 0.3) is 0 Å².